The molecule has 2 atom stereocenters. The Morgan fingerprint density at radius 1 is 0.889 bits per heavy atom. The zero-order chi connectivity index (χ0) is 18.2. The van der Waals surface area contributed by atoms with E-state index in [1.54, 1.807) is 0 Å². The van der Waals surface area contributed by atoms with Gasteiger partial charge in [0.25, 0.3) is 0 Å². The monoisotopic (exact) mass is 410 g/mol. The van der Waals surface area contributed by atoms with Crippen molar-refractivity contribution in [3.05, 3.63) is 72.9 Å². The number of carboxylic acids is 1. The molecule has 0 amide bonds. The van der Waals surface area contributed by atoms with Crippen LogP contribution >= 0.6 is 27.0 Å². The molecule has 27 heavy (non-hydrogen) atoms. The van der Waals surface area contributed by atoms with E-state index in [0.717, 1.165) is 25.7 Å². The lowest BCUT2D eigenvalue weighted by Gasteiger charge is -1.86. The van der Waals surface area contributed by atoms with Crippen molar-refractivity contribution in [3.8, 4) is 0 Å². The predicted octanol–water partition coefficient (Wildman–Crippen LogP) is 5.76. The Morgan fingerprint density at radius 2 is 1.56 bits per heavy atom. The summed E-state index contributed by atoms with van der Waals surface area (Å²) in [6.07, 6.45) is 30.0. The lowest BCUT2D eigenvalue weighted by Crippen LogP contribution is -1.91. The zero-order valence-corrected chi connectivity index (χ0v) is 18.1. The topological polar surface area (TPSA) is 49.8 Å². The van der Waals surface area contributed by atoms with Crippen LogP contribution in [0.3, 0.4) is 0 Å². The van der Waals surface area contributed by atoms with E-state index in [4.69, 9.17) is 9.84 Å². The molecule has 0 saturated carbocycles. The Morgan fingerprint density at radius 3 is 2.30 bits per heavy atom. The fourth-order valence-electron chi connectivity index (χ4n) is 2.14. The molecule has 0 aromatic rings. The number of carboxylic acid groups (broad SMARTS) is 1. The van der Waals surface area contributed by atoms with Crippen molar-refractivity contribution in [2.75, 3.05) is 0 Å². The lowest BCUT2D eigenvalue weighted by molar-refractivity contribution is -0.136. The number of rotatable bonds is 13. The first-order valence-corrected chi connectivity index (χ1v) is 9.06. The SMILES string of the molecule is CC/C=C\C/C=C\C[C@@H]1O[C@H]1/C=C/C=C/C=C\C/C=C\CCC(=O)O.S.S. The van der Waals surface area contributed by atoms with Crippen molar-refractivity contribution in [2.24, 2.45) is 0 Å². The van der Waals surface area contributed by atoms with Gasteiger partial charge in [-0.3, -0.25) is 4.79 Å². The van der Waals surface area contributed by atoms with Gasteiger partial charge in [-0.15, -0.1) is 0 Å². The molecule has 0 spiro atoms. The first-order valence-electron chi connectivity index (χ1n) is 9.06. The maximum Gasteiger partial charge on any atom is 0.303 e. The molecule has 0 aromatic carbocycles. The van der Waals surface area contributed by atoms with Crippen molar-refractivity contribution < 1.29 is 14.6 Å². The summed E-state index contributed by atoms with van der Waals surface area (Å²) in [7, 11) is 0. The Bertz CT molecular complexity index is 546. The Labute approximate surface area is 178 Å². The second-order valence-electron chi connectivity index (χ2n) is 5.80. The second kappa shape index (κ2) is 19.3. The number of epoxide rings is 1. The van der Waals surface area contributed by atoms with E-state index in [2.05, 4.69) is 37.3 Å². The summed E-state index contributed by atoms with van der Waals surface area (Å²) in [5.74, 6) is -0.753. The van der Waals surface area contributed by atoms with Crippen LogP contribution in [0.4, 0.5) is 0 Å². The summed E-state index contributed by atoms with van der Waals surface area (Å²) in [6.45, 7) is 2.14. The van der Waals surface area contributed by atoms with Crippen molar-refractivity contribution in [3.63, 3.8) is 0 Å². The first-order chi connectivity index (χ1) is 12.2. The molecule has 1 aliphatic rings. The van der Waals surface area contributed by atoms with Crippen LogP contribution in [0.25, 0.3) is 0 Å². The molecule has 0 radical (unpaired) electrons. The molecule has 0 aliphatic carbocycles. The highest BCUT2D eigenvalue weighted by atomic mass is 32.1. The summed E-state index contributed by atoms with van der Waals surface area (Å²) in [6, 6.07) is 0. The average molecular weight is 411 g/mol. The molecule has 1 heterocycles. The van der Waals surface area contributed by atoms with Crippen LogP contribution in [-0.4, -0.2) is 23.3 Å². The molecular formula is C22H34O3S2. The third-order valence-electron chi connectivity index (χ3n) is 3.57. The standard InChI is InChI=1S/C22H30O3.2H2S/c1-2-3-4-5-11-14-17-20-21(25-20)18-15-12-9-7-6-8-10-13-16-19-22(23)24;;/h3-4,6-7,9-15,18,20-21H,2,5,8,16-17,19H2,1H3,(H,23,24);2*1H2/b4-3-,7-6-,12-9+,13-10-,14-11-,18-15+;;/t20-,21-;;/m0../s1. The number of hydrogen-bond acceptors (Lipinski definition) is 2. The Hall–Kier alpha value is -1.43. The van der Waals surface area contributed by atoms with Gasteiger partial charge in [0.05, 0.1) is 6.10 Å². The number of ether oxygens (including phenoxy) is 1. The lowest BCUT2D eigenvalue weighted by atomic mass is 10.2. The van der Waals surface area contributed by atoms with E-state index in [-0.39, 0.29) is 39.5 Å². The van der Waals surface area contributed by atoms with E-state index < -0.39 is 5.97 Å². The molecule has 1 aliphatic heterocycles. The molecule has 3 nitrogen and oxygen atoms in total. The Balaban J connectivity index is 0. The predicted molar refractivity (Wildman–Crippen MR) is 125 cm³/mol. The minimum Gasteiger partial charge on any atom is -0.481 e. The van der Waals surface area contributed by atoms with Gasteiger partial charge in [0.1, 0.15) is 6.10 Å². The third-order valence-corrected chi connectivity index (χ3v) is 3.57. The second-order valence-corrected chi connectivity index (χ2v) is 5.80. The highest BCUT2D eigenvalue weighted by Gasteiger charge is 2.34. The van der Waals surface area contributed by atoms with Gasteiger partial charge < -0.3 is 9.84 Å². The van der Waals surface area contributed by atoms with Crippen LogP contribution in [0.2, 0.25) is 0 Å². The summed E-state index contributed by atoms with van der Waals surface area (Å²) in [4.78, 5) is 10.3. The third kappa shape index (κ3) is 17.7. The highest BCUT2D eigenvalue weighted by Crippen LogP contribution is 2.26. The van der Waals surface area contributed by atoms with Gasteiger partial charge in [0.15, 0.2) is 0 Å². The van der Waals surface area contributed by atoms with Gasteiger partial charge in [0.2, 0.25) is 0 Å². The molecule has 5 heteroatoms. The summed E-state index contributed by atoms with van der Waals surface area (Å²) in [5.41, 5.74) is 0. The molecule has 0 unspecified atom stereocenters. The van der Waals surface area contributed by atoms with E-state index in [9.17, 15) is 4.79 Å². The number of carbonyl (C=O) groups is 1. The van der Waals surface area contributed by atoms with Crippen LogP contribution in [0.15, 0.2) is 72.9 Å². The van der Waals surface area contributed by atoms with E-state index in [0.29, 0.717) is 12.5 Å². The van der Waals surface area contributed by atoms with E-state index in [1.807, 2.05) is 42.5 Å². The van der Waals surface area contributed by atoms with Crippen LogP contribution in [0.1, 0.15) is 45.4 Å². The van der Waals surface area contributed by atoms with Gasteiger partial charge in [-0.25, -0.2) is 0 Å². The molecule has 1 N–H and O–H groups in total. The largest absolute Gasteiger partial charge is 0.481 e. The number of aliphatic carboxylic acids is 1. The number of hydrogen-bond donors (Lipinski definition) is 1. The van der Waals surface area contributed by atoms with Gasteiger partial charge in [-0.05, 0) is 32.1 Å². The maximum atomic E-state index is 10.3. The smallest absolute Gasteiger partial charge is 0.303 e. The van der Waals surface area contributed by atoms with Crippen LogP contribution in [0.5, 0.6) is 0 Å². The number of allylic oxidation sites excluding steroid dienone is 10. The summed E-state index contributed by atoms with van der Waals surface area (Å²) in [5, 5.41) is 8.50. The molecular weight excluding hydrogens is 376 g/mol. The first kappa shape index (κ1) is 27.8. The van der Waals surface area contributed by atoms with Gasteiger partial charge >= 0.3 is 5.97 Å². The molecule has 1 rings (SSSR count). The van der Waals surface area contributed by atoms with Gasteiger partial charge in [-0.1, -0.05) is 79.8 Å². The maximum absolute atomic E-state index is 10.3. The average Bonchev–Trinajstić information content (AvgIpc) is 3.34. The van der Waals surface area contributed by atoms with E-state index >= 15 is 0 Å². The van der Waals surface area contributed by atoms with Crippen molar-refractivity contribution in [1.82, 2.24) is 0 Å². The van der Waals surface area contributed by atoms with Crippen molar-refractivity contribution >= 4 is 33.0 Å². The Kier molecular flexibility index (Phi) is 19.9. The normalized spacial score (nSPS) is 19.6. The minimum atomic E-state index is -0.753. The highest BCUT2D eigenvalue weighted by molar-refractivity contribution is 7.59. The quantitative estimate of drug-likeness (QED) is 0.238. The van der Waals surface area contributed by atoms with Crippen LogP contribution in [0, 0.1) is 0 Å². The summed E-state index contributed by atoms with van der Waals surface area (Å²) < 4.78 is 5.59. The van der Waals surface area contributed by atoms with E-state index in [1.165, 1.54) is 0 Å². The van der Waals surface area contributed by atoms with Crippen LogP contribution < -0.4 is 0 Å². The fraction of sp³-hybridized carbons (Fsp3) is 0.409. The van der Waals surface area contributed by atoms with Crippen LogP contribution in [-0.2, 0) is 9.53 Å². The molecule has 0 aromatic heterocycles. The zero-order valence-electron chi connectivity index (χ0n) is 16.1. The van der Waals surface area contributed by atoms with Gasteiger partial charge in [0, 0.05) is 6.42 Å². The molecule has 152 valence electrons. The minimum absolute atomic E-state index is 0. The van der Waals surface area contributed by atoms with Crippen molar-refractivity contribution in [1.29, 1.82) is 0 Å². The molecule has 1 fully saturated rings. The summed E-state index contributed by atoms with van der Waals surface area (Å²) >= 11 is 0. The molecule has 0 bridgehead atoms. The molecule has 1 saturated heterocycles. The van der Waals surface area contributed by atoms with Gasteiger partial charge in [-0.2, -0.15) is 27.0 Å². The fourth-order valence-corrected chi connectivity index (χ4v) is 2.14. The van der Waals surface area contributed by atoms with Crippen molar-refractivity contribution in [2.45, 2.75) is 57.7 Å².